The summed E-state index contributed by atoms with van der Waals surface area (Å²) in [4.78, 5) is 25.2. The summed E-state index contributed by atoms with van der Waals surface area (Å²) in [6, 6.07) is 8.96. The number of carbonyl (C=O) groups is 2. The van der Waals surface area contributed by atoms with Gasteiger partial charge in [-0.25, -0.2) is 5.43 Å². The van der Waals surface area contributed by atoms with Crippen molar-refractivity contribution in [2.24, 2.45) is 5.10 Å². The Hall–Kier alpha value is -3.68. The molecule has 30 heavy (non-hydrogen) atoms. The molecule has 2 N–H and O–H groups in total. The number of furan rings is 1. The lowest BCUT2D eigenvalue weighted by molar-refractivity contribution is 0.0952. The number of nitrogens with one attached hydrogen (secondary N) is 2. The molecule has 1 aliphatic carbocycles. The molecule has 0 fully saturated rings. The van der Waals surface area contributed by atoms with E-state index < -0.39 is 5.91 Å². The number of aryl methyl sites for hydroxylation is 3. The van der Waals surface area contributed by atoms with Crippen molar-refractivity contribution in [3.8, 4) is 0 Å². The van der Waals surface area contributed by atoms with Crippen LogP contribution in [0.3, 0.4) is 0 Å². The molecule has 0 spiro atoms. The standard InChI is InChI=1S/C22H22N4O4/c1-12-7-4-5-8-15(12)21(27)25-24-16-9-6-10-17-19(16)14(3)20(29-17)22(28)23-18-11-13(2)30-26-18/h4-5,7-8,11H,6,9-10H2,1-3H3,(H,25,27)(H,23,26,28)/b24-16+. The molecule has 0 radical (unpaired) electrons. The molecule has 0 saturated heterocycles. The number of anilines is 1. The van der Waals surface area contributed by atoms with E-state index >= 15 is 0 Å². The van der Waals surface area contributed by atoms with Crippen molar-refractivity contribution in [2.75, 3.05) is 5.32 Å². The fourth-order valence-corrected chi connectivity index (χ4v) is 3.60. The lowest BCUT2D eigenvalue weighted by Crippen LogP contribution is -2.22. The van der Waals surface area contributed by atoms with Crippen LogP contribution in [0.2, 0.25) is 0 Å². The van der Waals surface area contributed by atoms with Crippen LogP contribution in [0.15, 0.2) is 44.4 Å². The summed E-state index contributed by atoms with van der Waals surface area (Å²) >= 11 is 0. The van der Waals surface area contributed by atoms with Crippen LogP contribution < -0.4 is 10.7 Å². The van der Waals surface area contributed by atoms with E-state index in [-0.39, 0.29) is 11.7 Å². The summed E-state index contributed by atoms with van der Waals surface area (Å²) in [6.07, 6.45) is 2.21. The molecule has 8 nitrogen and oxygen atoms in total. The van der Waals surface area contributed by atoms with Gasteiger partial charge in [0, 0.05) is 29.2 Å². The van der Waals surface area contributed by atoms with Crippen LogP contribution in [0.1, 0.15) is 62.0 Å². The predicted molar refractivity (Wildman–Crippen MR) is 111 cm³/mol. The van der Waals surface area contributed by atoms with Crippen molar-refractivity contribution in [3.63, 3.8) is 0 Å². The van der Waals surface area contributed by atoms with Crippen LogP contribution in [0.5, 0.6) is 0 Å². The Labute approximate surface area is 173 Å². The van der Waals surface area contributed by atoms with Crippen LogP contribution in [0.25, 0.3) is 0 Å². The summed E-state index contributed by atoms with van der Waals surface area (Å²) in [5.74, 6) is 1.15. The lowest BCUT2D eigenvalue weighted by Gasteiger charge is -2.13. The quantitative estimate of drug-likeness (QED) is 0.638. The minimum Gasteiger partial charge on any atom is -0.455 e. The number of fused-ring (bicyclic) bond motifs is 1. The number of benzene rings is 1. The fourth-order valence-electron chi connectivity index (χ4n) is 3.60. The average molecular weight is 406 g/mol. The van der Waals surface area contributed by atoms with Gasteiger partial charge in [-0.1, -0.05) is 23.4 Å². The van der Waals surface area contributed by atoms with Gasteiger partial charge in [0.1, 0.15) is 11.5 Å². The SMILES string of the molecule is Cc1cc(NC(=O)c2oc3c(c2C)/C(=N/NC(=O)c2ccccc2C)CCC3)no1. The van der Waals surface area contributed by atoms with E-state index in [1.54, 1.807) is 19.1 Å². The topological polar surface area (TPSA) is 110 Å². The van der Waals surface area contributed by atoms with Crippen molar-refractivity contribution in [3.05, 3.63) is 69.9 Å². The Bertz CT molecular complexity index is 1160. The van der Waals surface area contributed by atoms with Crippen molar-refractivity contribution >= 4 is 23.3 Å². The summed E-state index contributed by atoms with van der Waals surface area (Å²) in [7, 11) is 0. The van der Waals surface area contributed by atoms with E-state index in [0.717, 1.165) is 17.5 Å². The number of hydrogen-bond donors (Lipinski definition) is 2. The molecule has 2 amide bonds. The van der Waals surface area contributed by atoms with Crippen LogP contribution in [0, 0.1) is 20.8 Å². The average Bonchev–Trinajstić information content (AvgIpc) is 3.29. The third kappa shape index (κ3) is 3.76. The van der Waals surface area contributed by atoms with Crippen LogP contribution in [-0.2, 0) is 6.42 Å². The number of aromatic nitrogens is 1. The van der Waals surface area contributed by atoms with E-state index in [0.29, 0.717) is 47.0 Å². The number of hydrogen-bond acceptors (Lipinski definition) is 6. The monoisotopic (exact) mass is 406 g/mol. The molecule has 1 aromatic carbocycles. The molecule has 0 saturated carbocycles. The van der Waals surface area contributed by atoms with Crippen molar-refractivity contribution < 1.29 is 18.5 Å². The highest BCUT2D eigenvalue weighted by Crippen LogP contribution is 2.30. The minimum atomic E-state index is -0.404. The van der Waals surface area contributed by atoms with Gasteiger partial charge >= 0.3 is 0 Å². The first-order valence-corrected chi connectivity index (χ1v) is 9.74. The highest BCUT2D eigenvalue weighted by molar-refractivity contribution is 6.09. The van der Waals surface area contributed by atoms with Crippen LogP contribution >= 0.6 is 0 Å². The molecule has 0 unspecified atom stereocenters. The Morgan fingerprint density at radius 2 is 1.90 bits per heavy atom. The highest BCUT2D eigenvalue weighted by Gasteiger charge is 2.28. The van der Waals surface area contributed by atoms with Gasteiger partial charge in [-0.05, 0) is 45.2 Å². The number of hydrazone groups is 1. The largest absolute Gasteiger partial charge is 0.455 e. The molecule has 2 heterocycles. The Morgan fingerprint density at radius 1 is 1.10 bits per heavy atom. The molecule has 8 heteroatoms. The lowest BCUT2D eigenvalue weighted by atomic mass is 9.93. The van der Waals surface area contributed by atoms with Gasteiger partial charge in [0.05, 0.1) is 5.71 Å². The second kappa shape index (κ2) is 7.98. The molecule has 0 bridgehead atoms. The van der Waals surface area contributed by atoms with E-state index in [1.807, 2.05) is 32.0 Å². The maximum Gasteiger partial charge on any atom is 0.292 e. The zero-order valence-corrected chi connectivity index (χ0v) is 17.0. The predicted octanol–water partition coefficient (Wildman–Crippen LogP) is 3.92. The first-order chi connectivity index (χ1) is 14.4. The molecule has 154 valence electrons. The van der Waals surface area contributed by atoms with Gasteiger partial charge in [-0.2, -0.15) is 5.10 Å². The van der Waals surface area contributed by atoms with Gasteiger partial charge in [-0.15, -0.1) is 0 Å². The summed E-state index contributed by atoms with van der Waals surface area (Å²) < 4.78 is 10.8. The molecule has 1 aliphatic rings. The molecule has 3 aromatic rings. The van der Waals surface area contributed by atoms with E-state index in [2.05, 4.69) is 21.0 Å². The number of amides is 2. The minimum absolute atomic E-state index is 0.209. The third-order valence-electron chi connectivity index (χ3n) is 5.08. The molecular weight excluding hydrogens is 384 g/mol. The molecular formula is C22H22N4O4. The van der Waals surface area contributed by atoms with E-state index in [9.17, 15) is 9.59 Å². The first-order valence-electron chi connectivity index (χ1n) is 9.74. The van der Waals surface area contributed by atoms with Crippen molar-refractivity contribution in [2.45, 2.75) is 40.0 Å². The number of carbonyl (C=O) groups excluding carboxylic acids is 2. The van der Waals surface area contributed by atoms with Crippen LogP contribution in [0.4, 0.5) is 5.82 Å². The zero-order chi connectivity index (χ0) is 21.3. The maximum atomic E-state index is 12.7. The van der Waals surface area contributed by atoms with Gasteiger partial charge in [0.2, 0.25) is 0 Å². The smallest absolute Gasteiger partial charge is 0.292 e. The molecule has 0 atom stereocenters. The van der Waals surface area contributed by atoms with E-state index in [4.69, 9.17) is 8.94 Å². The summed E-state index contributed by atoms with van der Waals surface area (Å²) in [6.45, 7) is 5.44. The van der Waals surface area contributed by atoms with E-state index in [1.165, 1.54) is 0 Å². The first kappa shape index (κ1) is 19.6. The normalized spacial score (nSPS) is 14.4. The van der Waals surface area contributed by atoms with Crippen molar-refractivity contribution in [1.82, 2.24) is 10.6 Å². The second-order valence-corrected chi connectivity index (χ2v) is 7.30. The summed E-state index contributed by atoms with van der Waals surface area (Å²) in [5, 5.41) is 10.8. The Kier molecular flexibility index (Phi) is 5.22. The molecule has 2 aromatic heterocycles. The van der Waals surface area contributed by atoms with Gasteiger partial charge < -0.3 is 14.3 Å². The van der Waals surface area contributed by atoms with Gasteiger partial charge in [-0.3, -0.25) is 9.59 Å². The van der Waals surface area contributed by atoms with Gasteiger partial charge in [0.15, 0.2) is 11.6 Å². The van der Waals surface area contributed by atoms with Crippen LogP contribution in [-0.4, -0.2) is 22.7 Å². The third-order valence-corrected chi connectivity index (χ3v) is 5.08. The summed E-state index contributed by atoms with van der Waals surface area (Å²) in [5.41, 5.74) is 6.27. The Morgan fingerprint density at radius 3 is 2.63 bits per heavy atom. The second-order valence-electron chi connectivity index (χ2n) is 7.30. The maximum absolute atomic E-state index is 12.7. The molecule has 4 rings (SSSR count). The van der Waals surface area contributed by atoms with Crippen molar-refractivity contribution in [1.29, 1.82) is 0 Å². The fraction of sp³-hybridized carbons (Fsp3) is 0.273. The number of nitrogens with zero attached hydrogens (tertiary/aromatic N) is 2. The highest BCUT2D eigenvalue weighted by atomic mass is 16.5. The molecule has 0 aliphatic heterocycles. The zero-order valence-electron chi connectivity index (χ0n) is 17.0. The van der Waals surface area contributed by atoms with Gasteiger partial charge in [0.25, 0.3) is 11.8 Å². The Balaban J connectivity index is 1.58. The number of rotatable bonds is 4.